The van der Waals surface area contributed by atoms with E-state index in [0.29, 0.717) is 0 Å². The van der Waals surface area contributed by atoms with Crippen molar-refractivity contribution in [2.75, 3.05) is 0 Å². The number of hydrogen-bond donors (Lipinski definition) is 0. The first kappa shape index (κ1) is 22.3. The fraction of sp³-hybridized carbons (Fsp3) is 0.760. The van der Waals surface area contributed by atoms with Crippen molar-refractivity contribution in [2.24, 2.45) is 0 Å². The zero-order valence-electron chi connectivity index (χ0n) is 16.8. The van der Waals surface area contributed by atoms with Crippen LogP contribution in [-0.2, 0) is 0 Å². The minimum Gasteiger partial charge on any atom is -0.0845 e. The molecule has 0 heterocycles. The number of hydrogen-bond acceptors (Lipinski definition) is 0. The van der Waals surface area contributed by atoms with Crippen LogP contribution >= 0.6 is 0 Å². The predicted octanol–water partition coefficient (Wildman–Crippen LogP) is 8.88. The first-order chi connectivity index (χ1) is 12.5. The summed E-state index contributed by atoms with van der Waals surface area (Å²) < 4.78 is 0. The first-order valence-corrected chi connectivity index (χ1v) is 11.4. The Kier molecular flexibility index (Phi) is 17.4. The molecule has 0 atom stereocenters. The van der Waals surface area contributed by atoms with Crippen LogP contribution in [0.3, 0.4) is 0 Å². The zero-order valence-corrected chi connectivity index (χ0v) is 16.8. The van der Waals surface area contributed by atoms with E-state index in [9.17, 15) is 0 Å². The Morgan fingerprint density at radius 3 is 1.36 bits per heavy atom. The summed E-state index contributed by atoms with van der Waals surface area (Å²) in [6, 6.07) is 0. The summed E-state index contributed by atoms with van der Waals surface area (Å²) in [6.07, 6.45) is 41.0. The maximum absolute atomic E-state index is 3.40. The molecular formula is C25H43. The molecule has 0 fully saturated rings. The fourth-order valence-corrected chi connectivity index (χ4v) is 3.59. The second kappa shape index (κ2) is 19.5. The highest BCUT2D eigenvalue weighted by Gasteiger charge is 1.95. The highest BCUT2D eigenvalue weighted by Crippen LogP contribution is 2.14. The molecule has 0 aromatic carbocycles. The van der Waals surface area contributed by atoms with Gasteiger partial charge in [-0.05, 0) is 31.8 Å². The van der Waals surface area contributed by atoms with Gasteiger partial charge in [-0.1, -0.05) is 127 Å². The SMILES string of the molecule is [C]1=C/C=C/C=C\CCCCCCCCCCCCCCCCCCC/1. The van der Waals surface area contributed by atoms with Crippen LogP contribution in [0.25, 0.3) is 0 Å². The minimum atomic E-state index is 1.12. The quantitative estimate of drug-likeness (QED) is 0.412. The van der Waals surface area contributed by atoms with Crippen LogP contribution in [0.1, 0.15) is 122 Å². The van der Waals surface area contributed by atoms with Crippen molar-refractivity contribution in [1.29, 1.82) is 0 Å². The Morgan fingerprint density at radius 1 is 0.400 bits per heavy atom. The van der Waals surface area contributed by atoms with Gasteiger partial charge < -0.3 is 0 Å². The van der Waals surface area contributed by atoms with Crippen molar-refractivity contribution in [1.82, 2.24) is 0 Å². The summed E-state index contributed by atoms with van der Waals surface area (Å²) in [5.41, 5.74) is 0. The normalized spacial score (nSPS) is 25.9. The summed E-state index contributed by atoms with van der Waals surface area (Å²) in [7, 11) is 0. The van der Waals surface area contributed by atoms with Gasteiger partial charge in [-0.3, -0.25) is 0 Å². The van der Waals surface area contributed by atoms with E-state index in [1.54, 1.807) is 0 Å². The molecule has 0 unspecified atom stereocenters. The molecule has 0 aromatic heterocycles. The molecule has 0 aromatic rings. The maximum Gasteiger partial charge on any atom is -0.0276 e. The third kappa shape index (κ3) is 17.8. The van der Waals surface area contributed by atoms with E-state index in [1.807, 2.05) is 0 Å². The third-order valence-electron chi connectivity index (χ3n) is 5.26. The highest BCUT2D eigenvalue weighted by molar-refractivity contribution is 5.09. The van der Waals surface area contributed by atoms with Gasteiger partial charge in [0.15, 0.2) is 0 Å². The lowest BCUT2D eigenvalue weighted by Crippen LogP contribution is -1.84. The largest absolute Gasteiger partial charge is 0.0845 e. The molecule has 1 radical (unpaired) electrons. The van der Waals surface area contributed by atoms with E-state index in [4.69, 9.17) is 0 Å². The predicted molar refractivity (Wildman–Crippen MR) is 114 cm³/mol. The summed E-state index contributed by atoms with van der Waals surface area (Å²) in [5, 5.41) is 0. The molecule has 0 N–H and O–H groups in total. The van der Waals surface area contributed by atoms with Crippen molar-refractivity contribution < 1.29 is 0 Å². The summed E-state index contributed by atoms with van der Waals surface area (Å²) >= 11 is 0. The van der Waals surface area contributed by atoms with E-state index in [2.05, 4.69) is 36.5 Å². The van der Waals surface area contributed by atoms with Crippen LogP contribution < -0.4 is 0 Å². The van der Waals surface area contributed by atoms with Gasteiger partial charge in [-0.25, -0.2) is 0 Å². The lowest BCUT2D eigenvalue weighted by Gasteiger charge is -2.03. The van der Waals surface area contributed by atoms with Crippen LogP contribution in [-0.4, -0.2) is 0 Å². The summed E-state index contributed by atoms with van der Waals surface area (Å²) in [5.74, 6) is 0. The molecule has 0 aliphatic heterocycles. The van der Waals surface area contributed by atoms with Gasteiger partial charge >= 0.3 is 0 Å². The number of rotatable bonds is 0. The molecule has 0 amide bonds. The van der Waals surface area contributed by atoms with Gasteiger partial charge in [0.05, 0.1) is 0 Å². The average molecular weight is 344 g/mol. The maximum atomic E-state index is 3.40. The smallest absolute Gasteiger partial charge is 0.0276 e. The molecule has 0 saturated carbocycles. The molecule has 25 heavy (non-hydrogen) atoms. The van der Waals surface area contributed by atoms with Gasteiger partial charge in [-0.2, -0.15) is 0 Å². The Hall–Kier alpha value is -0.780. The molecule has 0 bridgehead atoms. The second-order valence-corrected chi connectivity index (χ2v) is 7.73. The molecule has 1 aliphatic rings. The standard InChI is InChI=1S/C25H43/c1-2-4-6-8-10-12-14-16-18-20-22-24-25-23-21-19-17-15-13-11-9-7-5-3-1/h1-5H,6,8-25H2/b3-1+,4-2-,7-5?. The van der Waals surface area contributed by atoms with E-state index in [0.717, 1.165) is 6.42 Å². The van der Waals surface area contributed by atoms with Gasteiger partial charge in [0.1, 0.15) is 0 Å². The number of allylic oxidation sites excluding steroid dienone is 6. The topological polar surface area (TPSA) is 0 Å². The molecule has 0 nitrogen and oxygen atoms in total. The Balaban J connectivity index is 2.14. The lowest BCUT2D eigenvalue weighted by molar-refractivity contribution is 0.526. The minimum absolute atomic E-state index is 1.12. The van der Waals surface area contributed by atoms with Gasteiger partial charge in [0.25, 0.3) is 0 Å². The highest BCUT2D eigenvalue weighted by atomic mass is 14.0. The van der Waals surface area contributed by atoms with E-state index in [1.165, 1.54) is 116 Å². The van der Waals surface area contributed by atoms with Crippen molar-refractivity contribution in [2.45, 2.75) is 122 Å². The molecular weight excluding hydrogens is 300 g/mol. The van der Waals surface area contributed by atoms with Crippen LogP contribution in [0.15, 0.2) is 30.4 Å². The summed E-state index contributed by atoms with van der Waals surface area (Å²) in [6.45, 7) is 0. The second-order valence-electron chi connectivity index (χ2n) is 7.73. The molecule has 1 aliphatic carbocycles. The lowest BCUT2D eigenvalue weighted by atomic mass is 10.0. The Labute approximate surface area is 158 Å². The molecule has 0 spiro atoms. The van der Waals surface area contributed by atoms with E-state index < -0.39 is 0 Å². The van der Waals surface area contributed by atoms with Gasteiger partial charge in [0.2, 0.25) is 0 Å². The fourth-order valence-electron chi connectivity index (χ4n) is 3.59. The van der Waals surface area contributed by atoms with Crippen molar-refractivity contribution in [3.05, 3.63) is 36.5 Å². The molecule has 0 heteroatoms. The molecule has 1 rings (SSSR count). The molecule has 0 saturated heterocycles. The Bertz CT molecular complexity index is 302. The van der Waals surface area contributed by atoms with Crippen LogP contribution in [0.5, 0.6) is 0 Å². The van der Waals surface area contributed by atoms with Crippen LogP contribution in [0, 0.1) is 6.08 Å². The van der Waals surface area contributed by atoms with Gasteiger partial charge in [-0.15, -0.1) is 0 Å². The zero-order chi connectivity index (χ0) is 17.7. The van der Waals surface area contributed by atoms with Gasteiger partial charge in [0, 0.05) is 0 Å². The van der Waals surface area contributed by atoms with Crippen molar-refractivity contribution >= 4 is 0 Å². The third-order valence-corrected chi connectivity index (χ3v) is 5.26. The first-order valence-electron chi connectivity index (χ1n) is 11.4. The van der Waals surface area contributed by atoms with Crippen LogP contribution in [0.4, 0.5) is 0 Å². The monoisotopic (exact) mass is 343 g/mol. The van der Waals surface area contributed by atoms with E-state index in [-0.39, 0.29) is 0 Å². The van der Waals surface area contributed by atoms with E-state index >= 15 is 0 Å². The summed E-state index contributed by atoms with van der Waals surface area (Å²) in [4.78, 5) is 0. The van der Waals surface area contributed by atoms with Crippen LogP contribution in [0.2, 0.25) is 0 Å². The van der Waals surface area contributed by atoms with Crippen molar-refractivity contribution in [3.8, 4) is 0 Å². The Morgan fingerprint density at radius 2 is 0.840 bits per heavy atom. The molecule has 143 valence electrons. The van der Waals surface area contributed by atoms with Crippen molar-refractivity contribution in [3.63, 3.8) is 0 Å². The average Bonchev–Trinajstić information content (AvgIpc) is 2.62.